The lowest BCUT2D eigenvalue weighted by atomic mass is 10.1. The lowest BCUT2D eigenvalue weighted by Gasteiger charge is -2.38. The third-order valence-electron chi connectivity index (χ3n) is 7.38. The standard InChI is InChI=1S/C30H31F3N6O4/c31-30(32,33)27-24(25-8-4-5-13-39(25)35-27)20-43-23-11-9-22(10-12-23)28(40)34-18-26(29(41)36-42)38-16-14-37(15-17-38)19-21-6-2-1-3-7-21/h1-13,26,42H,14-20H2,(H,34,40)(H,36,41)/t26-/m0/s1. The molecule has 0 radical (unpaired) electrons. The quantitative estimate of drug-likeness (QED) is 0.190. The second kappa shape index (κ2) is 13.2. The van der Waals surface area contributed by atoms with Crippen molar-refractivity contribution in [2.75, 3.05) is 32.7 Å². The molecule has 0 spiro atoms. The van der Waals surface area contributed by atoms with E-state index in [-0.39, 0.29) is 35.5 Å². The van der Waals surface area contributed by atoms with Crippen molar-refractivity contribution < 1.29 is 32.7 Å². The van der Waals surface area contributed by atoms with E-state index in [1.165, 1.54) is 42.1 Å². The molecule has 0 saturated carbocycles. The number of alkyl halides is 3. The molecule has 3 heterocycles. The number of carbonyl (C=O) groups is 2. The molecule has 5 rings (SSSR count). The predicted molar refractivity (Wildman–Crippen MR) is 150 cm³/mol. The molecule has 1 saturated heterocycles. The summed E-state index contributed by atoms with van der Waals surface area (Å²) in [6, 6.07) is 20.0. The maximum absolute atomic E-state index is 13.6. The number of hydrogen-bond acceptors (Lipinski definition) is 7. The normalized spacial score (nSPS) is 15.3. The van der Waals surface area contributed by atoms with Gasteiger partial charge in [0.25, 0.3) is 11.8 Å². The molecule has 1 atom stereocenters. The number of aromatic nitrogens is 2. The number of piperazine rings is 1. The molecule has 0 aliphatic carbocycles. The van der Waals surface area contributed by atoms with Gasteiger partial charge in [-0.05, 0) is 42.0 Å². The number of fused-ring (bicyclic) bond motifs is 1. The molecular formula is C30H31F3N6O4. The Labute approximate surface area is 245 Å². The summed E-state index contributed by atoms with van der Waals surface area (Å²) in [5.74, 6) is -0.802. The smallest absolute Gasteiger partial charge is 0.435 e. The number of pyridine rings is 1. The fraction of sp³-hybridized carbons (Fsp3) is 0.300. The molecule has 2 amide bonds. The van der Waals surface area contributed by atoms with Crippen LogP contribution in [0.25, 0.3) is 5.52 Å². The Morgan fingerprint density at radius 2 is 1.65 bits per heavy atom. The van der Waals surface area contributed by atoms with Gasteiger partial charge in [0.05, 0.1) is 5.52 Å². The maximum Gasteiger partial charge on any atom is 0.435 e. The van der Waals surface area contributed by atoms with Gasteiger partial charge in [-0.1, -0.05) is 36.4 Å². The fourth-order valence-corrected chi connectivity index (χ4v) is 5.11. The van der Waals surface area contributed by atoms with Crippen molar-refractivity contribution >= 4 is 17.3 Å². The highest BCUT2D eigenvalue weighted by atomic mass is 19.4. The summed E-state index contributed by atoms with van der Waals surface area (Å²) in [7, 11) is 0. The molecule has 1 aliphatic rings. The summed E-state index contributed by atoms with van der Waals surface area (Å²) < 4.78 is 47.4. The third kappa shape index (κ3) is 7.31. The van der Waals surface area contributed by atoms with Gasteiger partial charge in [-0.3, -0.25) is 24.6 Å². The van der Waals surface area contributed by atoms with Crippen molar-refractivity contribution in [1.82, 2.24) is 30.2 Å². The van der Waals surface area contributed by atoms with Gasteiger partial charge in [0.2, 0.25) is 0 Å². The minimum absolute atomic E-state index is 0.0306. The zero-order valence-electron chi connectivity index (χ0n) is 23.1. The molecule has 3 N–H and O–H groups in total. The van der Waals surface area contributed by atoms with E-state index >= 15 is 0 Å². The van der Waals surface area contributed by atoms with Crippen LogP contribution >= 0.6 is 0 Å². The van der Waals surface area contributed by atoms with Gasteiger partial charge in [-0.15, -0.1) is 0 Å². The molecule has 2 aromatic carbocycles. The second-order valence-corrected chi connectivity index (χ2v) is 10.2. The van der Waals surface area contributed by atoms with Crippen LogP contribution in [-0.2, 0) is 24.1 Å². The summed E-state index contributed by atoms with van der Waals surface area (Å²) in [4.78, 5) is 29.5. The SMILES string of the molecule is O=C(NC[C@@H](C(=O)NO)N1CCN(Cc2ccccc2)CC1)c1ccc(OCc2c(C(F)(F)F)nn3ccccc23)cc1. The number of carbonyl (C=O) groups excluding carboxylic acids is 2. The zero-order valence-corrected chi connectivity index (χ0v) is 23.1. The van der Waals surface area contributed by atoms with Crippen molar-refractivity contribution in [2.24, 2.45) is 0 Å². The number of nitrogens with one attached hydrogen (secondary N) is 2. The Morgan fingerprint density at radius 3 is 2.33 bits per heavy atom. The van der Waals surface area contributed by atoms with E-state index in [1.54, 1.807) is 17.6 Å². The molecule has 4 aromatic rings. The van der Waals surface area contributed by atoms with E-state index in [0.29, 0.717) is 13.1 Å². The van der Waals surface area contributed by atoms with Crippen LogP contribution in [0.3, 0.4) is 0 Å². The topological polar surface area (TPSA) is 111 Å². The van der Waals surface area contributed by atoms with E-state index in [9.17, 15) is 28.0 Å². The van der Waals surface area contributed by atoms with Gasteiger partial charge in [-0.25, -0.2) is 10.00 Å². The van der Waals surface area contributed by atoms with E-state index in [2.05, 4.69) is 27.4 Å². The third-order valence-corrected chi connectivity index (χ3v) is 7.38. The number of hydroxylamine groups is 1. The Hall–Kier alpha value is -4.46. The van der Waals surface area contributed by atoms with Crippen LogP contribution in [0.15, 0.2) is 79.0 Å². The molecular weight excluding hydrogens is 565 g/mol. The molecule has 1 fully saturated rings. The summed E-state index contributed by atoms with van der Waals surface area (Å²) in [6.45, 7) is 3.00. The molecule has 2 aromatic heterocycles. The van der Waals surface area contributed by atoms with E-state index < -0.39 is 29.7 Å². The van der Waals surface area contributed by atoms with Crippen LogP contribution in [-0.4, -0.2) is 75.2 Å². The van der Waals surface area contributed by atoms with Crippen LogP contribution in [0.2, 0.25) is 0 Å². The molecule has 226 valence electrons. The average Bonchev–Trinajstić information content (AvgIpc) is 3.41. The van der Waals surface area contributed by atoms with Crippen molar-refractivity contribution in [3.8, 4) is 5.75 Å². The molecule has 13 heteroatoms. The van der Waals surface area contributed by atoms with Crippen molar-refractivity contribution in [3.05, 3.63) is 101 Å². The number of rotatable bonds is 10. The van der Waals surface area contributed by atoms with E-state index in [0.717, 1.165) is 24.1 Å². The van der Waals surface area contributed by atoms with Crippen LogP contribution < -0.4 is 15.5 Å². The first-order chi connectivity index (χ1) is 20.7. The minimum Gasteiger partial charge on any atom is -0.489 e. The lowest BCUT2D eigenvalue weighted by Crippen LogP contribution is -2.57. The largest absolute Gasteiger partial charge is 0.489 e. The monoisotopic (exact) mass is 596 g/mol. The predicted octanol–water partition coefficient (Wildman–Crippen LogP) is 3.35. The molecule has 0 unspecified atom stereocenters. The Balaban J connectivity index is 1.16. The fourth-order valence-electron chi connectivity index (χ4n) is 5.11. The number of halogens is 3. The summed E-state index contributed by atoms with van der Waals surface area (Å²) in [5, 5.41) is 15.7. The molecule has 0 bridgehead atoms. The average molecular weight is 597 g/mol. The van der Waals surface area contributed by atoms with Gasteiger partial charge in [0.15, 0.2) is 5.69 Å². The van der Waals surface area contributed by atoms with Crippen LogP contribution in [0, 0.1) is 0 Å². The van der Waals surface area contributed by atoms with Gasteiger partial charge in [0.1, 0.15) is 18.4 Å². The second-order valence-electron chi connectivity index (χ2n) is 10.2. The van der Waals surface area contributed by atoms with Crippen LogP contribution in [0.5, 0.6) is 5.75 Å². The Morgan fingerprint density at radius 1 is 0.953 bits per heavy atom. The number of hydrogen-bond donors (Lipinski definition) is 3. The first kappa shape index (κ1) is 30.0. The van der Waals surface area contributed by atoms with Crippen LogP contribution in [0.1, 0.15) is 27.2 Å². The maximum atomic E-state index is 13.6. The Kier molecular flexibility index (Phi) is 9.24. The number of ether oxygens (including phenoxy) is 1. The lowest BCUT2D eigenvalue weighted by molar-refractivity contribution is -0.142. The highest BCUT2D eigenvalue weighted by molar-refractivity contribution is 5.94. The first-order valence-electron chi connectivity index (χ1n) is 13.7. The zero-order chi connectivity index (χ0) is 30.4. The van der Waals surface area contributed by atoms with Gasteiger partial charge < -0.3 is 10.1 Å². The van der Waals surface area contributed by atoms with Gasteiger partial charge in [0, 0.05) is 56.6 Å². The summed E-state index contributed by atoms with van der Waals surface area (Å²) in [5.41, 5.74) is 2.34. The summed E-state index contributed by atoms with van der Waals surface area (Å²) in [6.07, 6.45) is -3.21. The van der Waals surface area contributed by atoms with E-state index in [4.69, 9.17) is 4.74 Å². The van der Waals surface area contributed by atoms with E-state index in [1.807, 2.05) is 23.1 Å². The van der Waals surface area contributed by atoms with Gasteiger partial charge in [-0.2, -0.15) is 18.3 Å². The summed E-state index contributed by atoms with van der Waals surface area (Å²) >= 11 is 0. The first-order valence-corrected chi connectivity index (χ1v) is 13.7. The van der Waals surface area contributed by atoms with Crippen molar-refractivity contribution in [1.29, 1.82) is 0 Å². The molecule has 10 nitrogen and oxygen atoms in total. The molecule has 43 heavy (non-hydrogen) atoms. The number of benzene rings is 2. The Bertz CT molecular complexity index is 1540. The van der Waals surface area contributed by atoms with Crippen molar-refractivity contribution in [2.45, 2.75) is 25.4 Å². The molecule has 1 aliphatic heterocycles. The number of nitrogens with zero attached hydrogens (tertiary/aromatic N) is 4. The highest BCUT2D eigenvalue weighted by Crippen LogP contribution is 2.33. The van der Waals surface area contributed by atoms with Crippen molar-refractivity contribution in [3.63, 3.8) is 0 Å². The highest BCUT2D eigenvalue weighted by Gasteiger charge is 2.38. The number of amides is 2. The van der Waals surface area contributed by atoms with Gasteiger partial charge >= 0.3 is 6.18 Å². The van der Waals surface area contributed by atoms with Crippen LogP contribution in [0.4, 0.5) is 13.2 Å². The minimum atomic E-state index is -4.65.